The maximum Gasteiger partial charge on any atom is 0.236 e. The first-order valence-electron chi connectivity index (χ1n) is 9.16. The van der Waals surface area contributed by atoms with Gasteiger partial charge in [-0.2, -0.15) is 0 Å². The molecule has 2 aliphatic rings. The summed E-state index contributed by atoms with van der Waals surface area (Å²) in [6.07, 6.45) is 4.22. The minimum atomic E-state index is 0.0209. The highest BCUT2D eigenvalue weighted by Gasteiger charge is 2.31. The lowest BCUT2D eigenvalue weighted by Crippen LogP contribution is -2.57. The summed E-state index contributed by atoms with van der Waals surface area (Å²) in [4.78, 5) is 39.8. The van der Waals surface area contributed by atoms with E-state index in [0.29, 0.717) is 38.9 Å². The molecule has 2 fully saturated rings. The number of carbonyl (C=O) groups excluding carboxylic acids is 3. The van der Waals surface area contributed by atoms with E-state index in [-0.39, 0.29) is 23.8 Å². The first kappa shape index (κ1) is 18.7. The maximum absolute atomic E-state index is 12.4. The molecular weight excluding hydrogens is 308 g/mol. The summed E-state index contributed by atoms with van der Waals surface area (Å²) in [5, 5.41) is 5.91. The lowest BCUT2D eigenvalue weighted by Gasteiger charge is -2.41. The van der Waals surface area contributed by atoms with Gasteiger partial charge in [0.2, 0.25) is 17.7 Å². The Balaban J connectivity index is 1.73. The minimum Gasteiger partial charge on any atom is -0.356 e. The molecule has 3 amide bonds. The molecule has 0 bridgehead atoms. The summed E-state index contributed by atoms with van der Waals surface area (Å²) in [7, 11) is 0. The van der Waals surface area contributed by atoms with E-state index in [0.717, 1.165) is 38.9 Å². The molecule has 0 radical (unpaired) electrons. The molecule has 0 saturated carbocycles. The predicted molar refractivity (Wildman–Crippen MR) is 91.3 cm³/mol. The number of piperidine rings is 1. The molecular formula is C17H30N4O3. The number of hydrogen-bond acceptors (Lipinski definition) is 4. The van der Waals surface area contributed by atoms with Crippen molar-refractivity contribution in [3.63, 3.8) is 0 Å². The van der Waals surface area contributed by atoms with Gasteiger partial charge in [0.05, 0.1) is 6.54 Å². The lowest BCUT2D eigenvalue weighted by molar-refractivity contribution is -0.140. The van der Waals surface area contributed by atoms with Crippen molar-refractivity contribution >= 4 is 17.7 Å². The van der Waals surface area contributed by atoms with Crippen molar-refractivity contribution in [3.05, 3.63) is 0 Å². The molecule has 24 heavy (non-hydrogen) atoms. The Kier molecular flexibility index (Phi) is 7.49. The van der Waals surface area contributed by atoms with Crippen LogP contribution in [0, 0.1) is 0 Å². The van der Waals surface area contributed by atoms with Crippen molar-refractivity contribution in [2.24, 2.45) is 0 Å². The Bertz CT molecular complexity index is 455. The second-order valence-corrected chi connectivity index (χ2v) is 6.60. The third-order valence-electron chi connectivity index (χ3n) is 4.68. The van der Waals surface area contributed by atoms with E-state index in [2.05, 4.69) is 10.6 Å². The molecule has 2 aliphatic heterocycles. The SMILES string of the molecule is CCCNC(=O)CCCC(=O)N1CCCC(N2CCNCC2=O)C1. The molecule has 0 aromatic rings. The molecule has 2 rings (SSSR count). The Labute approximate surface area is 144 Å². The third-order valence-corrected chi connectivity index (χ3v) is 4.68. The number of carbonyl (C=O) groups is 3. The molecule has 0 aromatic carbocycles. The highest BCUT2D eigenvalue weighted by molar-refractivity contribution is 5.80. The van der Waals surface area contributed by atoms with Crippen molar-refractivity contribution in [2.45, 2.75) is 51.5 Å². The van der Waals surface area contributed by atoms with Crippen LogP contribution in [0.3, 0.4) is 0 Å². The van der Waals surface area contributed by atoms with Gasteiger partial charge in [-0.1, -0.05) is 6.92 Å². The molecule has 136 valence electrons. The van der Waals surface area contributed by atoms with E-state index in [4.69, 9.17) is 0 Å². The summed E-state index contributed by atoms with van der Waals surface area (Å²) in [5.74, 6) is 0.256. The van der Waals surface area contributed by atoms with Crippen molar-refractivity contribution in [1.82, 2.24) is 20.4 Å². The number of rotatable bonds is 7. The van der Waals surface area contributed by atoms with Gasteiger partial charge < -0.3 is 20.4 Å². The number of likely N-dealkylation sites (tertiary alicyclic amines) is 1. The topological polar surface area (TPSA) is 81.8 Å². The molecule has 1 atom stereocenters. The fourth-order valence-corrected chi connectivity index (χ4v) is 3.35. The van der Waals surface area contributed by atoms with E-state index >= 15 is 0 Å². The van der Waals surface area contributed by atoms with Crippen LogP contribution in [0.5, 0.6) is 0 Å². The van der Waals surface area contributed by atoms with Gasteiger partial charge >= 0.3 is 0 Å². The first-order chi connectivity index (χ1) is 11.6. The van der Waals surface area contributed by atoms with Crippen LogP contribution in [0.1, 0.15) is 45.4 Å². The number of nitrogens with one attached hydrogen (secondary N) is 2. The van der Waals surface area contributed by atoms with Crippen molar-refractivity contribution in [2.75, 3.05) is 39.3 Å². The summed E-state index contributed by atoms with van der Waals surface area (Å²) in [5.41, 5.74) is 0. The van der Waals surface area contributed by atoms with Crippen LogP contribution < -0.4 is 10.6 Å². The Hall–Kier alpha value is -1.63. The smallest absolute Gasteiger partial charge is 0.236 e. The van der Waals surface area contributed by atoms with Gasteiger partial charge in [0.25, 0.3) is 0 Å². The maximum atomic E-state index is 12.4. The van der Waals surface area contributed by atoms with Gasteiger partial charge in [0, 0.05) is 51.6 Å². The van der Waals surface area contributed by atoms with Crippen LogP contribution in [0.15, 0.2) is 0 Å². The standard InChI is InChI=1S/C17H30N4O3/c1-2-8-19-15(22)6-3-7-16(23)20-10-4-5-14(13-20)21-11-9-18-12-17(21)24/h14,18H,2-13H2,1H3,(H,19,22). The first-order valence-corrected chi connectivity index (χ1v) is 9.16. The summed E-state index contributed by atoms with van der Waals surface area (Å²) in [6, 6.07) is 0.144. The van der Waals surface area contributed by atoms with Crippen LogP contribution in [-0.4, -0.2) is 72.8 Å². The van der Waals surface area contributed by atoms with Crippen molar-refractivity contribution < 1.29 is 14.4 Å². The molecule has 0 spiro atoms. The van der Waals surface area contributed by atoms with E-state index < -0.39 is 0 Å². The Morgan fingerprint density at radius 3 is 2.88 bits per heavy atom. The monoisotopic (exact) mass is 338 g/mol. The summed E-state index contributed by atoms with van der Waals surface area (Å²) < 4.78 is 0. The molecule has 7 heteroatoms. The van der Waals surface area contributed by atoms with Gasteiger partial charge in [-0.25, -0.2) is 0 Å². The van der Waals surface area contributed by atoms with Gasteiger partial charge in [0.1, 0.15) is 0 Å². The zero-order chi connectivity index (χ0) is 17.4. The molecule has 2 heterocycles. The summed E-state index contributed by atoms with van der Waals surface area (Å²) >= 11 is 0. The van der Waals surface area contributed by atoms with E-state index in [9.17, 15) is 14.4 Å². The van der Waals surface area contributed by atoms with Crippen molar-refractivity contribution in [1.29, 1.82) is 0 Å². The molecule has 0 aromatic heterocycles. The zero-order valence-electron chi connectivity index (χ0n) is 14.7. The Morgan fingerprint density at radius 2 is 2.12 bits per heavy atom. The van der Waals surface area contributed by atoms with E-state index in [1.165, 1.54) is 0 Å². The molecule has 2 N–H and O–H groups in total. The van der Waals surface area contributed by atoms with Crippen LogP contribution in [0.25, 0.3) is 0 Å². The average Bonchev–Trinajstić information content (AvgIpc) is 2.60. The van der Waals surface area contributed by atoms with Gasteiger partial charge in [-0.05, 0) is 25.7 Å². The van der Waals surface area contributed by atoms with Crippen LogP contribution >= 0.6 is 0 Å². The van der Waals surface area contributed by atoms with Gasteiger partial charge in [-0.3, -0.25) is 14.4 Å². The Morgan fingerprint density at radius 1 is 1.29 bits per heavy atom. The quantitative estimate of drug-likeness (QED) is 0.690. The summed E-state index contributed by atoms with van der Waals surface area (Å²) in [6.45, 7) is 6.05. The highest BCUT2D eigenvalue weighted by atomic mass is 16.2. The van der Waals surface area contributed by atoms with E-state index in [1.54, 1.807) is 0 Å². The largest absolute Gasteiger partial charge is 0.356 e. The lowest BCUT2D eigenvalue weighted by atomic mass is 10.0. The fourth-order valence-electron chi connectivity index (χ4n) is 3.35. The predicted octanol–water partition coefficient (Wildman–Crippen LogP) is 0.106. The second kappa shape index (κ2) is 9.61. The van der Waals surface area contributed by atoms with Gasteiger partial charge in [-0.15, -0.1) is 0 Å². The number of hydrogen-bond donors (Lipinski definition) is 2. The van der Waals surface area contributed by atoms with Gasteiger partial charge in [0.15, 0.2) is 0 Å². The molecule has 2 saturated heterocycles. The van der Waals surface area contributed by atoms with E-state index in [1.807, 2.05) is 16.7 Å². The normalized spacial score (nSPS) is 21.7. The second-order valence-electron chi connectivity index (χ2n) is 6.60. The van der Waals surface area contributed by atoms with Crippen LogP contribution in [0.2, 0.25) is 0 Å². The van der Waals surface area contributed by atoms with Crippen molar-refractivity contribution in [3.8, 4) is 0 Å². The highest BCUT2D eigenvalue weighted by Crippen LogP contribution is 2.18. The fraction of sp³-hybridized carbons (Fsp3) is 0.824. The zero-order valence-corrected chi connectivity index (χ0v) is 14.7. The number of nitrogens with zero attached hydrogens (tertiary/aromatic N) is 2. The third kappa shape index (κ3) is 5.47. The number of piperazine rings is 1. The minimum absolute atomic E-state index is 0.0209. The van der Waals surface area contributed by atoms with Crippen LogP contribution in [-0.2, 0) is 14.4 Å². The molecule has 0 aliphatic carbocycles. The van der Waals surface area contributed by atoms with Crippen LogP contribution in [0.4, 0.5) is 0 Å². The molecule has 1 unspecified atom stereocenters. The average molecular weight is 338 g/mol. The number of amides is 3. The molecule has 7 nitrogen and oxygen atoms in total.